The molecule has 0 aliphatic carbocycles. The van der Waals surface area contributed by atoms with Gasteiger partial charge in [-0.25, -0.2) is 17.6 Å². The summed E-state index contributed by atoms with van der Waals surface area (Å²) in [7, 11) is 0. The van der Waals surface area contributed by atoms with Crippen molar-refractivity contribution in [2.24, 2.45) is 0 Å². The fraction of sp³-hybridized carbons (Fsp3) is 0.200. The molecule has 6 aromatic rings. The molecule has 0 unspecified atom stereocenters. The Labute approximate surface area is 311 Å². The predicted molar refractivity (Wildman–Crippen MR) is 198 cm³/mol. The van der Waals surface area contributed by atoms with Gasteiger partial charge < -0.3 is 4.74 Å². The van der Waals surface area contributed by atoms with Crippen LogP contribution in [0.5, 0.6) is 11.5 Å². The summed E-state index contributed by atoms with van der Waals surface area (Å²) in [5, 5.41) is 19.1. The van der Waals surface area contributed by atoms with Crippen LogP contribution < -0.4 is 4.74 Å². The molecule has 9 heteroatoms. The number of nitrogens with zero attached hydrogens (tertiary/aromatic N) is 4. The van der Waals surface area contributed by atoms with E-state index in [9.17, 15) is 19.3 Å². The second-order valence-electron chi connectivity index (χ2n) is 15.4. The molecule has 0 bridgehead atoms. The van der Waals surface area contributed by atoms with Gasteiger partial charge in [0.05, 0.1) is 22.8 Å². The first-order valence-corrected chi connectivity index (χ1v) is 17.3. The Morgan fingerprint density at radius 1 is 0.556 bits per heavy atom. The van der Waals surface area contributed by atoms with Crippen molar-refractivity contribution in [2.75, 3.05) is 0 Å². The summed E-state index contributed by atoms with van der Waals surface area (Å²) >= 11 is 0. The van der Waals surface area contributed by atoms with Gasteiger partial charge in [0.1, 0.15) is 51.8 Å². The van der Waals surface area contributed by atoms with Gasteiger partial charge in [0.15, 0.2) is 11.6 Å². The van der Waals surface area contributed by atoms with Gasteiger partial charge in [-0.15, -0.1) is 0 Å². The van der Waals surface area contributed by atoms with E-state index < -0.39 is 39.8 Å². The van der Waals surface area contributed by atoms with Crippen molar-refractivity contribution in [3.05, 3.63) is 165 Å². The number of benzene rings is 4. The SMILES string of the molecule is CC(C)(C)c1ccc2c(c1)C(c1cccc(-c3ccc(F)c(C#N)c3F)n1)(c1cccc(-c3ccc(F)c(C#N)c3F)n1)c1cc(C(C)(C)C)ccc1O2. The highest BCUT2D eigenvalue weighted by molar-refractivity contribution is 5.72. The summed E-state index contributed by atoms with van der Waals surface area (Å²) in [5.41, 5.74) is 0.571. The van der Waals surface area contributed by atoms with Crippen molar-refractivity contribution in [1.82, 2.24) is 9.97 Å². The monoisotopic (exact) mass is 722 g/mol. The standard InChI is InChI=1S/C45H34F4N4O/c1-43(2,3)25-13-19-37-31(21-25)45(32-22-26(44(4,5)6)14-20-38(32)54-37,39-11-7-9-35(52-39)27-15-17-33(46)29(23-50)41(27)48)40-12-8-10-36(53-40)28-16-18-34(47)30(24-51)42(28)49/h7-22H,1-6H3. The van der Waals surface area contributed by atoms with Crippen molar-refractivity contribution >= 4 is 0 Å². The highest BCUT2D eigenvalue weighted by Gasteiger charge is 2.49. The molecular formula is C45H34F4N4O. The van der Waals surface area contributed by atoms with Crippen LogP contribution in [0.25, 0.3) is 22.5 Å². The van der Waals surface area contributed by atoms with E-state index in [0.29, 0.717) is 34.0 Å². The summed E-state index contributed by atoms with van der Waals surface area (Å²) in [5.74, 6) is -3.08. The molecule has 1 aliphatic rings. The summed E-state index contributed by atoms with van der Waals surface area (Å²) in [6.07, 6.45) is 0. The maximum absolute atomic E-state index is 15.8. The Bertz CT molecular complexity index is 2410. The zero-order valence-electron chi connectivity index (χ0n) is 30.4. The first-order valence-electron chi connectivity index (χ1n) is 17.3. The van der Waals surface area contributed by atoms with Gasteiger partial charge in [-0.1, -0.05) is 65.8 Å². The number of hydrogen-bond donors (Lipinski definition) is 0. The second-order valence-corrected chi connectivity index (χ2v) is 15.4. The smallest absolute Gasteiger partial charge is 0.153 e. The molecule has 1 aliphatic heterocycles. The molecule has 0 radical (unpaired) electrons. The van der Waals surface area contributed by atoms with Crippen LogP contribution in [0, 0.1) is 45.9 Å². The molecule has 0 fully saturated rings. The van der Waals surface area contributed by atoms with Crippen LogP contribution in [0.1, 0.15) is 86.3 Å². The number of halogens is 4. The maximum atomic E-state index is 15.8. The van der Waals surface area contributed by atoms with Gasteiger partial charge in [-0.2, -0.15) is 10.5 Å². The molecule has 5 nitrogen and oxygen atoms in total. The third-order valence-corrected chi connectivity index (χ3v) is 9.94. The van der Waals surface area contributed by atoms with Crippen LogP contribution in [-0.4, -0.2) is 9.97 Å². The first-order chi connectivity index (χ1) is 25.6. The highest BCUT2D eigenvalue weighted by Crippen LogP contribution is 2.56. The lowest BCUT2D eigenvalue weighted by molar-refractivity contribution is 0.426. The molecule has 2 aromatic heterocycles. The average Bonchev–Trinajstić information content (AvgIpc) is 3.13. The number of nitriles is 2. The van der Waals surface area contributed by atoms with Crippen LogP contribution in [0.15, 0.2) is 97.1 Å². The van der Waals surface area contributed by atoms with Gasteiger partial charge in [0.25, 0.3) is 0 Å². The van der Waals surface area contributed by atoms with Crippen molar-refractivity contribution < 1.29 is 22.3 Å². The van der Waals surface area contributed by atoms with Crippen molar-refractivity contribution in [1.29, 1.82) is 10.5 Å². The second kappa shape index (κ2) is 13.0. The number of ether oxygens (including phenoxy) is 1. The Morgan fingerprint density at radius 2 is 0.963 bits per heavy atom. The van der Waals surface area contributed by atoms with Crippen LogP contribution in [0.2, 0.25) is 0 Å². The number of fused-ring (bicyclic) bond motifs is 2. The summed E-state index contributed by atoms with van der Waals surface area (Å²) in [4.78, 5) is 10.2. The zero-order valence-corrected chi connectivity index (χ0v) is 30.4. The molecule has 54 heavy (non-hydrogen) atoms. The minimum absolute atomic E-state index is 0.0801. The maximum Gasteiger partial charge on any atom is 0.153 e. The van der Waals surface area contributed by atoms with Gasteiger partial charge >= 0.3 is 0 Å². The fourth-order valence-electron chi connectivity index (χ4n) is 7.00. The number of aromatic nitrogens is 2. The van der Waals surface area contributed by atoms with Gasteiger partial charge in [-0.05, 0) is 94.8 Å². The summed E-state index contributed by atoms with van der Waals surface area (Å²) in [6.45, 7) is 12.5. The molecule has 4 aromatic carbocycles. The third-order valence-electron chi connectivity index (χ3n) is 9.94. The third kappa shape index (κ3) is 5.77. The number of pyridine rings is 2. The lowest BCUT2D eigenvalue weighted by atomic mass is 9.65. The van der Waals surface area contributed by atoms with Gasteiger partial charge in [-0.3, -0.25) is 9.97 Å². The molecular weight excluding hydrogens is 689 g/mol. The number of hydrogen-bond acceptors (Lipinski definition) is 5. The quantitative estimate of drug-likeness (QED) is 0.169. The minimum atomic E-state index is -1.42. The molecule has 0 N–H and O–H groups in total. The van der Waals surface area contributed by atoms with Crippen LogP contribution in [0.4, 0.5) is 17.6 Å². The molecule has 0 saturated carbocycles. The largest absolute Gasteiger partial charge is 0.457 e. The Hall–Kier alpha value is -6.32. The van der Waals surface area contributed by atoms with E-state index in [1.54, 1.807) is 48.5 Å². The van der Waals surface area contributed by atoms with Crippen LogP contribution >= 0.6 is 0 Å². The minimum Gasteiger partial charge on any atom is -0.457 e. The van der Waals surface area contributed by atoms with E-state index in [-0.39, 0.29) is 33.3 Å². The molecule has 268 valence electrons. The van der Waals surface area contributed by atoms with E-state index >= 15 is 8.78 Å². The van der Waals surface area contributed by atoms with Crippen molar-refractivity contribution in [2.45, 2.75) is 57.8 Å². The van der Waals surface area contributed by atoms with Crippen molar-refractivity contribution in [3.8, 4) is 46.2 Å². The molecule has 0 amide bonds. The number of rotatable bonds is 4. The van der Waals surface area contributed by atoms with E-state index in [1.165, 1.54) is 12.1 Å². The van der Waals surface area contributed by atoms with E-state index in [1.807, 2.05) is 36.4 Å². The molecule has 3 heterocycles. The Morgan fingerprint density at radius 3 is 1.33 bits per heavy atom. The first kappa shape index (κ1) is 36.1. The van der Waals surface area contributed by atoms with E-state index in [2.05, 4.69) is 41.5 Å². The Kier molecular flexibility index (Phi) is 8.66. The lowest BCUT2D eigenvalue weighted by Gasteiger charge is -2.41. The molecule has 7 rings (SSSR count). The zero-order chi connectivity index (χ0) is 38.7. The predicted octanol–water partition coefficient (Wildman–Crippen LogP) is 11.2. The molecule has 0 spiro atoms. The summed E-state index contributed by atoms with van der Waals surface area (Å²) in [6, 6.07) is 29.7. The van der Waals surface area contributed by atoms with Crippen LogP contribution in [0.3, 0.4) is 0 Å². The molecule has 0 saturated heterocycles. The van der Waals surface area contributed by atoms with Crippen LogP contribution in [-0.2, 0) is 16.2 Å². The normalized spacial score (nSPS) is 13.3. The summed E-state index contributed by atoms with van der Waals surface area (Å²) < 4.78 is 67.3. The van der Waals surface area contributed by atoms with Crippen molar-refractivity contribution in [3.63, 3.8) is 0 Å². The van der Waals surface area contributed by atoms with E-state index in [0.717, 1.165) is 23.3 Å². The fourth-order valence-corrected chi connectivity index (χ4v) is 7.00. The average molecular weight is 723 g/mol. The highest BCUT2D eigenvalue weighted by atomic mass is 19.1. The molecule has 0 atom stereocenters. The Balaban J connectivity index is 1.65. The lowest BCUT2D eigenvalue weighted by Crippen LogP contribution is -2.37. The van der Waals surface area contributed by atoms with Gasteiger partial charge in [0, 0.05) is 22.3 Å². The topological polar surface area (TPSA) is 82.6 Å². The van der Waals surface area contributed by atoms with Gasteiger partial charge in [0.2, 0.25) is 0 Å². The van der Waals surface area contributed by atoms with E-state index in [4.69, 9.17) is 14.7 Å².